The van der Waals surface area contributed by atoms with Gasteiger partial charge in [-0.1, -0.05) is 11.6 Å². The Balaban J connectivity index is 2.45. The molecule has 1 heterocycles. The van der Waals surface area contributed by atoms with Crippen molar-refractivity contribution in [3.05, 3.63) is 35.2 Å². The maximum atomic E-state index is 13.1. The van der Waals surface area contributed by atoms with Gasteiger partial charge in [0.05, 0.1) is 11.9 Å². The number of carbonyl (C=O) groups is 1. The van der Waals surface area contributed by atoms with Gasteiger partial charge in [-0.2, -0.15) is 0 Å². The molecule has 84 valence electrons. The van der Waals surface area contributed by atoms with Crippen molar-refractivity contribution in [3.8, 4) is 0 Å². The lowest BCUT2D eigenvalue weighted by molar-refractivity contribution is -0.137. The molecular weight excluding hydrogens is 233 g/mol. The lowest BCUT2D eigenvalue weighted by atomic mass is 10.2. The largest absolute Gasteiger partial charge is 0.481 e. The van der Waals surface area contributed by atoms with Gasteiger partial charge in [0.25, 0.3) is 0 Å². The highest BCUT2D eigenvalue weighted by Crippen LogP contribution is 2.24. The number of nitrogens with zero attached hydrogens (tertiary/aromatic N) is 1. The van der Waals surface area contributed by atoms with Crippen LogP contribution in [-0.2, 0) is 11.3 Å². The molecule has 0 spiro atoms. The number of hydrogen-bond acceptors (Lipinski definition) is 1. The molecule has 0 aliphatic heterocycles. The molecule has 1 aromatic heterocycles. The molecule has 2 rings (SSSR count). The number of carboxylic acids is 1. The second-order valence-corrected chi connectivity index (χ2v) is 3.85. The van der Waals surface area contributed by atoms with Crippen LogP contribution in [0.15, 0.2) is 24.3 Å². The number of rotatable bonds is 3. The van der Waals surface area contributed by atoms with E-state index in [1.165, 1.54) is 12.1 Å². The fourth-order valence-corrected chi connectivity index (χ4v) is 1.92. The minimum Gasteiger partial charge on any atom is -0.481 e. The number of fused-ring (bicyclic) bond motifs is 1. The second-order valence-electron chi connectivity index (χ2n) is 3.47. The highest BCUT2D eigenvalue weighted by Gasteiger charge is 2.09. The zero-order valence-corrected chi connectivity index (χ0v) is 9.04. The summed E-state index contributed by atoms with van der Waals surface area (Å²) in [6.07, 6.45) is -0.0417. The van der Waals surface area contributed by atoms with Crippen molar-refractivity contribution in [1.82, 2.24) is 4.57 Å². The van der Waals surface area contributed by atoms with Crippen LogP contribution in [0, 0.1) is 5.82 Å². The Kier molecular flexibility index (Phi) is 2.83. The summed E-state index contributed by atoms with van der Waals surface area (Å²) in [5.41, 5.74) is 0.617. The average molecular weight is 242 g/mol. The number of aliphatic carboxylic acids is 1. The summed E-state index contributed by atoms with van der Waals surface area (Å²) in [4.78, 5) is 10.5. The molecule has 0 aliphatic carbocycles. The van der Waals surface area contributed by atoms with Gasteiger partial charge in [-0.05, 0) is 24.3 Å². The first-order valence-corrected chi connectivity index (χ1v) is 5.12. The third kappa shape index (κ3) is 2.02. The van der Waals surface area contributed by atoms with Crippen molar-refractivity contribution < 1.29 is 14.3 Å². The summed E-state index contributed by atoms with van der Waals surface area (Å²) in [6, 6.07) is 6.01. The van der Waals surface area contributed by atoms with Crippen LogP contribution >= 0.6 is 11.6 Å². The van der Waals surface area contributed by atoms with E-state index >= 15 is 0 Å². The second kappa shape index (κ2) is 4.14. The van der Waals surface area contributed by atoms with Gasteiger partial charge in [0.2, 0.25) is 0 Å². The van der Waals surface area contributed by atoms with Crippen molar-refractivity contribution in [1.29, 1.82) is 0 Å². The fraction of sp³-hybridized carbons (Fsp3) is 0.182. The van der Waals surface area contributed by atoms with E-state index in [9.17, 15) is 9.18 Å². The predicted molar refractivity (Wildman–Crippen MR) is 59.2 cm³/mol. The van der Waals surface area contributed by atoms with Crippen molar-refractivity contribution in [2.75, 3.05) is 0 Å². The van der Waals surface area contributed by atoms with Crippen molar-refractivity contribution >= 4 is 28.5 Å². The maximum Gasteiger partial charge on any atom is 0.305 e. The van der Waals surface area contributed by atoms with Crippen LogP contribution in [0.3, 0.4) is 0 Å². The quantitative estimate of drug-likeness (QED) is 0.898. The van der Waals surface area contributed by atoms with Crippen molar-refractivity contribution in [2.45, 2.75) is 13.0 Å². The van der Waals surface area contributed by atoms with Crippen LogP contribution in [0.5, 0.6) is 0 Å². The van der Waals surface area contributed by atoms with Crippen LogP contribution in [0.25, 0.3) is 10.9 Å². The molecule has 16 heavy (non-hydrogen) atoms. The Bertz CT molecular complexity index is 550. The number of carboxylic acid groups (broad SMARTS) is 1. The van der Waals surface area contributed by atoms with Crippen LogP contribution < -0.4 is 0 Å². The molecule has 1 N–H and O–H groups in total. The molecule has 0 fully saturated rings. The molecule has 0 saturated heterocycles. The van der Waals surface area contributed by atoms with E-state index in [0.29, 0.717) is 10.7 Å². The van der Waals surface area contributed by atoms with Gasteiger partial charge in [0.1, 0.15) is 11.0 Å². The molecule has 0 amide bonds. The van der Waals surface area contributed by atoms with E-state index < -0.39 is 5.97 Å². The van der Waals surface area contributed by atoms with Crippen LogP contribution in [0.2, 0.25) is 5.15 Å². The van der Waals surface area contributed by atoms with Crippen LogP contribution in [0.1, 0.15) is 6.42 Å². The van der Waals surface area contributed by atoms with Crippen LogP contribution in [-0.4, -0.2) is 15.6 Å². The molecule has 3 nitrogen and oxygen atoms in total. The Morgan fingerprint density at radius 3 is 2.88 bits per heavy atom. The topological polar surface area (TPSA) is 42.2 Å². The molecule has 0 aliphatic rings. The summed E-state index contributed by atoms with van der Waals surface area (Å²) < 4.78 is 14.6. The van der Waals surface area contributed by atoms with E-state index in [1.54, 1.807) is 16.7 Å². The summed E-state index contributed by atoms with van der Waals surface area (Å²) in [5.74, 6) is -1.27. The van der Waals surface area contributed by atoms with Crippen LogP contribution in [0.4, 0.5) is 4.39 Å². The Labute approximate surface area is 96.1 Å². The summed E-state index contributed by atoms with van der Waals surface area (Å²) in [5, 5.41) is 9.82. The highest BCUT2D eigenvalue weighted by molar-refractivity contribution is 6.30. The molecule has 0 atom stereocenters. The van der Waals surface area contributed by atoms with E-state index in [4.69, 9.17) is 16.7 Å². The Morgan fingerprint density at radius 2 is 2.19 bits per heavy atom. The van der Waals surface area contributed by atoms with Gasteiger partial charge in [0, 0.05) is 11.9 Å². The first-order valence-electron chi connectivity index (χ1n) is 4.74. The van der Waals surface area contributed by atoms with Gasteiger partial charge < -0.3 is 9.67 Å². The summed E-state index contributed by atoms with van der Waals surface area (Å²) in [6.45, 7) is 0.237. The molecule has 0 unspecified atom stereocenters. The third-order valence-corrected chi connectivity index (χ3v) is 2.68. The van der Waals surface area contributed by atoms with E-state index in [-0.39, 0.29) is 18.8 Å². The zero-order chi connectivity index (χ0) is 11.7. The standard InChI is InChI=1S/C11H9ClFNO2/c12-10-5-7-1-2-8(13)6-9(7)14(10)4-3-11(15)16/h1-2,5-6H,3-4H2,(H,15,16). The fourth-order valence-electron chi connectivity index (χ4n) is 1.63. The number of aromatic nitrogens is 1. The Hall–Kier alpha value is -1.55. The number of hydrogen-bond donors (Lipinski definition) is 1. The average Bonchev–Trinajstić information content (AvgIpc) is 2.51. The van der Waals surface area contributed by atoms with Gasteiger partial charge in [-0.3, -0.25) is 4.79 Å². The molecular formula is C11H9ClFNO2. The molecule has 0 radical (unpaired) electrons. The minimum atomic E-state index is -0.908. The SMILES string of the molecule is O=C(O)CCn1c(Cl)cc2ccc(F)cc21. The van der Waals surface area contributed by atoms with Gasteiger partial charge >= 0.3 is 5.97 Å². The number of benzene rings is 1. The molecule has 1 aromatic carbocycles. The number of aryl methyl sites for hydroxylation is 1. The molecule has 2 aromatic rings. The van der Waals surface area contributed by atoms with Gasteiger partial charge in [-0.25, -0.2) is 4.39 Å². The Morgan fingerprint density at radius 1 is 1.44 bits per heavy atom. The highest BCUT2D eigenvalue weighted by atomic mass is 35.5. The molecule has 5 heteroatoms. The first-order chi connectivity index (χ1) is 7.58. The lowest BCUT2D eigenvalue weighted by Gasteiger charge is -2.04. The lowest BCUT2D eigenvalue weighted by Crippen LogP contribution is -2.04. The van der Waals surface area contributed by atoms with Gasteiger partial charge in [0.15, 0.2) is 0 Å². The molecule has 0 saturated carbocycles. The third-order valence-electron chi connectivity index (χ3n) is 2.37. The zero-order valence-electron chi connectivity index (χ0n) is 8.28. The van der Waals surface area contributed by atoms with E-state index in [0.717, 1.165) is 5.39 Å². The van der Waals surface area contributed by atoms with Crippen molar-refractivity contribution in [2.24, 2.45) is 0 Å². The number of halogens is 2. The van der Waals surface area contributed by atoms with E-state index in [2.05, 4.69) is 0 Å². The normalized spacial score (nSPS) is 10.9. The smallest absolute Gasteiger partial charge is 0.305 e. The van der Waals surface area contributed by atoms with Gasteiger partial charge in [-0.15, -0.1) is 0 Å². The van der Waals surface area contributed by atoms with E-state index in [1.807, 2.05) is 0 Å². The maximum absolute atomic E-state index is 13.1. The van der Waals surface area contributed by atoms with Crippen molar-refractivity contribution in [3.63, 3.8) is 0 Å². The predicted octanol–water partition coefficient (Wildman–Crippen LogP) is 2.91. The summed E-state index contributed by atoms with van der Waals surface area (Å²) in [7, 11) is 0. The first kappa shape index (κ1) is 11.0. The minimum absolute atomic E-state index is 0.0417. The summed E-state index contributed by atoms with van der Waals surface area (Å²) >= 11 is 5.95. The monoisotopic (exact) mass is 241 g/mol. The molecule has 0 bridgehead atoms.